The molecule has 1 heterocycles. The number of hydrogen-bond donors (Lipinski definition) is 3. The van der Waals surface area contributed by atoms with Gasteiger partial charge in [-0.2, -0.15) is 0 Å². The summed E-state index contributed by atoms with van der Waals surface area (Å²) in [7, 11) is 0. The van der Waals surface area contributed by atoms with Crippen molar-refractivity contribution in [2.75, 3.05) is 0 Å². The summed E-state index contributed by atoms with van der Waals surface area (Å²) in [6.45, 7) is 1.76. The lowest BCUT2D eigenvalue weighted by molar-refractivity contribution is -0.139. The molecule has 25 heavy (non-hydrogen) atoms. The molecule has 1 atom stereocenters. The van der Waals surface area contributed by atoms with Crippen LogP contribution in [0.3, 0.4) is 0 Å². The molecule has 0 radical (unpaired) electrons. The van der Waals surface area contributed by atoms with Crippen LogP contribution in [0, 0.1) is 6.92 Å². The van der Waals surface area contributed by atoms with Crippen LogP contribution >= 0.6 is 0 Å². The fraction of sp³-hybridized carbons (Fsp3) is 0.158. The van der Waals surface area contributed by atoms with Gasteiger partial charge in [0.05, 0.1) is 0 Å². The van der Waals surface area contributed by atoms with E-state index in [9.17, 15) is 19.8 Å². The summed E-state index contributed by atoms with van der Waals surface area (Å²) >= 11 is 0. The van der Waals surface area contributed by atoms with Gasteiger partial charge in [-0.05, 0) is 30.7 Å². The molecule has 0 bridgehead atoms. The molecule has 128 valence electrons. The van der Waals surface area contributed by atoms with Crippen molar-refractivity contribution in [2.24, 2.45) is 0 Å². The van der Waals surface area contributed by atoms with E-state index in [1.54, 1.807) is 31.2 Å². The van der Waals surface area contributed by atoms with E-state index in [4.69, 9.17) is 4.42 Å². The summed E-state index contributed by atoms with van der Waals surface area (Å²) in [5.41, 5.74) is 1.93. The van der Waals surface area contributed by atoms with Gasteiger partial charge in [-0.1, -0.05) is 30.3 Å². The van der Waals surface area contributed by atoms with E-state index < -0.39 is 17.9 Å². The minimum absolute atomic E-state index is 0.0950. The molecule has 6 nitrogen and oxygen atoms in total. The van der Waals surface area contributed by atoms with Gasteiger partial charge in [-0.25, -0.2) is 4.79 Å². The molecule has 2 aromatic carbocycles. The van der Waals surface area contributed by atoms with Crippen molar-refractivity contribution in [3.05, 3.63) is 65.4 Å². The highest BCUT2D eigenvalue weighted by Gasteiger charge is 2.24. The van der Waals surface area contributed by atoms with Gasteiger partial charge in [-0.3, -0.25) is 4.79 Å². The van der Waals surface area contributed by atoms with Gasteiger partial charge in [0.25, 0.3) is 5.91 Å². The number of carbonyl (C=O) groups is 2. The van der Waals surface area contributed by atoms with Gasteiger partial charge >= 0.3 is 5.97 Å². The van der Waals surface area contributed by atoms with E-state index in [2.05, 4.69) is 5.32 Å². The molecule has 1 unspecified atom stereocenters. The minimum atomic E-state index is -1.14. The highest BCUT2D eigenvalue weighted by molar-refractivity contribution is 6.00. The van der Waals surface area contributed by atoms with Crippen LogP contribution in [0.5, 0.6) is 5.75 Å². The van der Waals surface area contributed by atoms with Crippen molar-refractivity contribution in [1.82, 2.24) is 5.32 Å². The Balaban J connectivity index is 1.81. The van der Waals surface area contributed by atoms with E-state index in [0.717, 1.165) is 5.39 Å². The number of carboxylic acids is 1. The Hall–Kier alpha value is -3.28. The standard InChI is InChI=1S/C19H17NO5/c1-11-14-4-2-3-5-16(14)25-17(11)18(22)20-15(19(23)24)10-12-6-8-13(21)9-7-12/h2-9,15,21H,10H2,1H3,(H,20,22)(H,23,24). The van der Waals surface area contributed by atoms with Gasteiger partial charge < -0.3 is 19.9 Å². The van der Waals surface area contributed by atoms with Crippen LogP contribution in [-0.4, -0.2) is 28.1 Å². The number of hydrogen-bond acceptors (Lipinski definition) is 4. The Morgan fingerprint density at radius 3 is 2.44 bits per heavy atom. The summed E-state index contributed by atoms with van der Waals surface area (Å²) in [5.74, 6) is -1.51. The van der Waals surface area contributed by atoms with Gasteiger partial charge in [0.2, 0.25) is 0 Å². The predicted molar refractivity (Wildman–Crippen MR) is 91.7 cm³/mol. The maximum Gasteiger partial charge on any atom is 0.326 e. The number of fused-ring (bicyclic) bond motifs is 1. The van der Waals surface area contributed by atoms with Crippen molar-refractivity contribution in [3.63, 3.8) is 0 Å². The number of carbonyl (C=O) groups excluding carboxylic acids is 1. The Labute approximate surface area is 143 Å². The van der Waals surface area contributed by atoms with Gasteiger partial charge in [-0.15, -0.1) is 0 Å². The van der Waals surface area contributed by atoms with E-state index in [-0.39, 0.29) is 17.9 Å². The summed E-state index contributed by atoms with van der Waals surface area (Å²) in [4.78, 5) is 24.0. The van der Waals surface area contributed by atoms with Crippen LogP contribution in [0.4, 0.5) is 0 Å². The van der Waals surface area contributed by atoms with Crippen molar-refractivity contribution in [2.45, 2.75) is 19.4 Å². The highest BCUT2D eigenvalue weighted by Crippen LogP contribution is 2.25. The Kier molecular flexibility index (Phi) is 4.43. The van der Waals surface area contributed by atoms with Crippen molar-refractivity contribution >= 4 is 22.8 Å². The number of benzene rings is 2. The number of aryl methyl sites for hydroxylation is 1. The lowest BCUT2D eigenvalue weighted by Gasteiger charge is -2.14. The van der Waals surface area contributed by atoms with Crippen LogP contribution < -0.4 is 5.32 Å². The first-order chi connectivity index (χ1) is 12.0. The van der Waals surface area contributed by atoms with Crippen LogP contribution in [0.2, 0.25) is 0 Å². The smallest absolute Gasteiger partial charge is 0.326 e. The number of phenolic OH excluding ortho intramolecular Hbond substituents is 1. The number of nitrogens with one attached hydrogen (secondary N) is 1. The van der Waals surface area contributed by atoms with E-state index in [0.29, 0.717) is 16.7 Å². The first-order valence-electron chi connectivity index (χ1n) is 7.75. The Morgan fingerprint density at radius 1 is 1.12 bits per heavy atom. The second-order valence-electron chi connectivity index (χ2n) is 5.79. The average molecular weight is 339 g/mol. The number of aliphatic carboxylic acids is 1. The zero-order chi connectivity index (χ0) is 18.0. The van der Waals surface area contributed by atoms with Crippen LogP contribution in [0.1, 0.15) is 21.7 Å². The first-order valence-corrected chi connectivity index (χ1v) is 7.75. The molecule has 3 N–H and O–H groups in total. The molecule has 1 amide bonds. The largest absolute Gasteiger partial charge is 0.508 e. The first kappa shape index (κ1) is 16.6. The second kappa shape index (κ2) is 6.68. The fourth-order valence-corrected chi connectivity index (χ4v) is 2.68. The van der Waals surface area contributed by atoms with Gasteiger partial charge in [0.15, 0.2) is 5.76 Å². The summed E-state index contributed by atoms with van der Waals surface area (Å²) in [6.07, 6.45) is 0.0978. The summed E-state index contributed by atoms with van der Waals surface area (Å²) in [5, 5.41) is 22.0. The Morgan fingerprint density at radius 2 is 1.80 bits per heavy atom. The average Bonchev–Trinajstić information content (AvgIpc) is 2.93. The van der Waals surface area contributed by atoms with E-state index >= 15 is 0 Å². The Bertz CT molecular complexity index is 927. The molecule has 6 heteroatoms. The van der Waals surface area contributed by atoms with Gasteiger partial charge in [0.1, 0.15) is 17.4 Å². The van der Waals surface area contributed by atoms with E-state index in [1.807, 2.05) is 12.1 Å². The molecule has 0 spiro atoms. The van der Waals surface area contributed by atoms with E-state index in [1.165, 1.54) is 12.1 Å². The third kappa shape index (κ3) is 3.47. The van der Waals surface area contributed by atoms with Crippen molar-refractivity contribution < 1.29 is 24.2 Å². The number of para-hydroxylation sites is 1. The molecule has 0 aliphatic carbocycles. The zero-order valence-electron chi connectivity index (χ0n) is 13.5. The van der Waals surface area contributed by atoms with Crippen LogP contribution in [0.15, 0.2) is 52.9 Å². The molecule has 0 fully saturated rings. The maximum absolute atomic E-state index is 12.5. The molecular formula is C19H17NO5. The molecule has 3 aromatic rings. The molecule has 0 saturated heterocycles. The molecule has 0 aliphatic heterocycles. The zero-order valence-corrected chi connectivity index (χ0v) is 13.5. The normalized spacial score (nSPS) is 12.0. The third-order valence-corrected chi connectivity index (χ3v) is 4.03. The maximum atomic E-state index is 12.5. The SMILES string of the molecule is Cc1c(C(=O)NC(Cc2ccc(O)cc2)C(=O)O)oc2ccccc12. The number of aromatic hydroxyl groups is 1. The third-order valence-electron chi connectivity index (χ3n) is 4.03. The lowest BCUT2D eigenvalue weighted by atomic mass is 10.1. The number of carboxylic acid groups (broad SMARTS) is 1. The van der Waals surface area contributed by atoms with Crippen LogP contribution in [0.25, 0.3) is 11.0 Å². The fourth-order valence-electron chi connectivity index (χ4n) is 2.68. The van der Waals surface area contributed by atoms with Crippen LogP contribution in [-0.2, 0) is 11.2 Å². The molecule has 0 saturated carbocycles. The number of furan rings is 1. The quantitative estimate of drug-likeness (QED) is 0.664. The minimum Gasteiger partial charge on any atom is -0.508 e. The molecule has 0 aliphatic rings. The summed E-state index contributed by atoms with van der Waals surface area (Å²) in [6, 6.07) is 12.3. The number of phenols is 1. The number of amides is 1. The topological polar surface area (TPSA) is 99.8 Å². The predicted octanol–water partition coefficient (Wildman–Crippen LogP) is 2.87. The molecular weight excluding hydrogens is 322 g/mol. The van der Waals surface area contributed by atoms with Gasteiger partial charge in [0, 0.05) is 17.4 Å². The molecule has 3 rings (SSSR count). The highest BCUT2D eigenvalue weighted by atomic mass is 16.4. The lowest BCUT2D eigenvalue weighted by Crippen LogP contribution is -2.42. The molecule has 1 aromatic heterocycles. The van der Waals surface area contributed by atoms with Crippen molar-refractivity contribution in [3.8, 4) is 5.75 Å². The summed E-state index contributed by atoms with van der Waals surface area (Å²) < 4.78 is 5.57. The second-order valence-corrected chi connectivity index (χ2v) is 5.79. The van der Waals surface area contributed by atoms with Crippen molar-refractivity contribution in [1.29, 1.82) is 0 Å². The monoisotopic (exact) mass is 339 g/mol. The number of rotatable bonds is 5.